The number of halogens is 1. The molecule has 0 N–H and O–H groups in total. The van der Waals surface area contributed by atoms with Crippen LogP contribution in [0.15, 0.2) is 70.7 Å². The largest absolute Gasteiger partial charge is 0.488 e. The van der Waals surface area contributed by atoms with E-state index in [4.69, 9.17) is 9.47 Å². The lowest BCUT2D eigenvalue weighted by molar-refractivity contribution is -0.130. The Hall–Kier alpha value is -3.14. The Bertz CT molecular complexity index is 1170. The van der Waals surface area contributed by atoms with Gasteiger partial charge in [-0.1, -0.05) is 58.4 Å². The molecule has 3 aromatic carbocycles. The van der Waals surface area contributed by atoms with E-state index >= 15 is 0 Å². The van der Waals surface area contributed by atoms with Gasteiger partial charge in [-0.15, -0.1) is 0 Å². The third-order valence-electron chi connectivity index (χ3n) is 5.18. The number of carbonyl (C=O) groups is 1. The second-order valence-corrected chi connectivity index (χ2v) is 8.10. The van der Waals surface area contributed by atoms with Gasteiger partial charge in [0.2, 0.25) is 0 Å². The van der Waals surface area contributed by atoms with E-state index in [2.05, 4.69) is 40.2 Å². The van der Waals surface area contributed by atoms with Gasteiger partial charge in [-0.25, -0.2) is 0 Å². The summed E-state index contributed by atoms with van der Waals surface area (Å²) in [4.78, 5) is 14.4. The molecular formula is C25H21BrN2O3. The lowest BCUT2D eigenvalue weighted by atomic mass is 10.1. The third kappa shape index (κ3) is 4.96. The van der Waals surface area contributed by atoms with Crippen LogP contribution >= 0.6 is 15.9 Å². The molecule has 1 heterocycles. The van der Waals surface area contributed by atoms with Crippen LogP contribution in [-0.2, 0) is 16.1 Å². The number of hydrogen-bond donors (Lipinski definition) is 0. The Morgan fingerprint density at radius 3 is 2.71 bits per heavy atom. The van der Waals surface area contributed by atoms with Crippen LogP contribution < -0.4 is 4.74 Å². The maximum Gasteiger partial charge on any atom is 0.264 e. The number of nitriles is 1. The van der Waals surface area contributed by atoms with Gasteiger partial charge in [0.15, 0.2) is 0 Å². The Kier molecular flexibility index (Phi) is 6.66. The summed E-state index contributed by atoms with van der Waals surface area (Å²) in [5.74, 6) is 0.324. The van der Waals surface area contributed by atoms with Crippen molar-refractivity contribution in [3.05, 3.63) is 81.8 Å². The lowest BCUT2D eigenvalue weighted by Gasteiger charge is -2.26. The van der Waals surface area contributed by atoms with Gasteiger partial charge in [0.25, 0.3) is 5.91 Å². The highest BCUT2D eigenvalue weighted by atomic mass is 79.9. The first-order valence-corrected chi connectivity index (χ1v) is 10.8. The highest BCUT2D eigenvalue weighted by molar-refractivity contribution is 9.10. The number of amides is 1. The summed E-state index contributed by atoms with van der Waals surface area (Å²) in [6.07, 6.45) is 1.60. The van der Waals surface area contributed by atoms with E-state index < -0.39 is 0 Å². The molecule has 0 aromatic heterocycles. The van der Waals surface area contributed by atoms with Crippen molar-refractivity contribution in [2.45, 2.75) is 6.61 Å². The minimum Gasteiger partial charge on any atom is -0.488 e. The fraction of sp³-hybridized carbons (Fsp3) is 0.200. The fourth-order valence-electron chi connectivity index (χ4n) is 3.57. The summed E-state index contributed by atoms with van der Waals surface area (Å²) in [7, 11) is 0. The summed E-state index contributed by atoms with van der Waals surface area (Å²) < 4.78 is 12.3. The molecule has 1 aliphatic heterocycles. The van der Waals surface area contributed by atoms with Crippen LogP contribution in [0.25, 0.3) is 16.8 Å². The van der Waals surface area contributed by atoms with E-state index in [0.29, 0.717) is 44.2 Å². The molecule has 0 saturated carbocycles. The summed E-state index contributed by atoms with van der Waals surface area (Å²) in [5, 5.41) is 11.9. The summed E-state index contributed by atoms with van der Waals surface area (Å²) in [5.41, 5.74) is 1.82. The monoisotopic (exact) mass is 476 g/mol. The molecule has 1 fully saturated rings. The first-order valence-electron chi connectivity index (χ1n) is 10.0. The normalized spacial score (nSPS) is 14.3. The maximum atomic E-state index is 12.8. The average molecular weight is 477 g/mol. The van der Waals surface area contributed by atoms with Crippen LogP contribution in [0, 0.1) is 11.3 Å². The molecule has 1 saturated heterocycles. The van der Waals surface area contributed by atoms with Crippen molar-refractivity contribution in [2.75, 3.05) is 26.3 Å². The van der Waals surface area contributed by atoms with E-state index in [-0.39, 0.29) is 11.5 Å². The predicted octanol–water partition coefficient (Wildman–Crippen LogP) is 4.95. The van der Waals surface area contributed by atoms with Crippen LogP contribution in [0.1, 0.15) is 11.1 Å². The molecule has 156 valence electrons. The highest BCUT2D eigenvalue weighted by Gasteiger charge is 2.21. The van der Waals surface area contributed by atoms with Crippen LogP contribution in [0.5, 0.6) is 5.75 Å². The Morgan fingerprint density at radius 1 is 1.13 bits per heavy atom. The van der Waals surface area contributed by atoms with E-state index in [1.165, 1.54) is 0 Å². The van der Waals surface area contributed by atoms with Crippen molar-refractivity contribution in [3.63, 3.8) is 0 Å². The predicted molar refractivity (Wildman–Crippen MR) is 123 cm³/mol. The lowest BCUT2D eigenvalue weighted by Crippen LogP contribution is -2.41. The number of morpholine rings is 1. The third-order valence-corrected chi connectivity index (χ3v) is 5.68. The number of carbonyl (C=O) groups excluding carboxylic acids is 1. The summed E-state index contributed by atoms with van der Waals surface area (Å²) >= 11 is 3.47. The van der Waals surface area contributed by atoms with Crippen molar-refractivity contribution in [2.24, 2.45) is 0 Å². The van der Waals surface area contributed by atoms with Crippen molar-refractivity contribution < 1.29 is 14.3 Å². The molecule has 5 nitrogen and oxygen atoms in total. The number of fused-ring (bicyclic) bond motifs is 1. The molecule has 0 aliphatic carbocycles. The zero-order valence-corrected chi connectivity index (χ0v) is 18.5. The number of nitrogens with zero attached hydrogens (tertiary/aromatic N) is 2. The van der Waals surface area contributed by atoms with E-state index in [1.807, 2.05) is 42.5 Å². The number of ether oxygens (including phenoxy) is 2. The highest BCUT2D eigenvalue weighted by Crippen LogP contribution is 2.28. The number of hydrogen-bond acceptors (Lipinski definition) is 4. The van der Waals surface area contributed by atoms with E-state index in [1.54, 1.807) is 11.0 Å². The van der Waals surface area contributed by atoms with Gasteiger partial charge in [-0.3, -0.25) is 4.79 Å². The molecule has 0 spiro atoms. The minimum atomic E-state index is -0.286. The van der Waals surface area contributed by atoms with Gasteiger partial charge in [0, 0.05) is 23.1 Å². The van der Waals surface area contributed by atoms with Gasteiger partial charge >= 0.3 is 0 Å². The zero-order chi connectivity index (χ0) is 21.6. The Balaban J connectivity index is 1.60. The first-order chi connectivity index (χ1) is 15.2. The molecule has 0 unspecified atom stereocenters. The molecule has 31 heavy (non-hydrogen) atoms. The Morgan fingerprint density at radius 2 is 1.90 bits per heavy atom. The summed E-state index contributed by atoms with van der Waals surface area (Å²) in [6.45, 7) is 2.33. The molecule has 1 amide bonds. The molecule has 3 aromatic rings. The van der Waals surface area contributed by atoms with Crippen molar-refractivity contribution >= 4 is 38.7 Å². The Labute approximate surface area is 189 Å². The zero-order valence-electron chi connectivity index (χ0n) is 16.9. The maximum absolute atomic E-state index is 12.8. The van der Waals surface area contributed by atoms with Gasteiger partial charge in [-0.2, -0.15) is 5.26 Å². The summed E-state index contributed by atoms with van der Waals surface area (Å²) in [6, 6.07) is 21.9. The molecule has 0 radical (unpaired) electrons. The van der Waals surface area contributed by atoms with Gasteiger partial charge in [0.1, 0.15) is 24.0 Å². The number of benzene rings is 3. The topological polar surface area (TPSA) is 62.6 Å². The van der Waals surface area contributed by atoms with Gasteiger partial charge in [0.05, 0.1) is 13.2 Å². The van der Waals surface area contributed by atoms with Gasteiger partial charge < -0.3 is 14.4 Å². The van der Waals surface area contributed by atoms with Crippen molar-refractivity contribution in [1.82, 2.24) is 4.90 Å². The first kappa shape index (κ1) is 21.1. The van der Waals surface area contributed by atoms with Crippen LogP contribution in [0.2, 0.25) is 0 Å². The molecular weight excluding hydrogens is 456 g/mol. The van der Waals surface area contributed by atoms with Crippen molar-refractivity contribution in [1.29, 1.82) is 5.26 Å². The second kappa shape index (κ2) is 9.78. The standard InChI is InChI=1S/C25H21BrN2O3/c26-22-8-9-24(31-17-19-6-3-5-18-4-1-2-7-23(18)19)20(15-22)14-21(16-27)25(29)28-10-12-30-13-11-28/h1-9,14-15H,10-13,17H2/b21-14+. The average Bonchev–Trinajstić information content (AvgIpc) is 2.82. The molecule has 6 heteroatoms. The van der Waals surface area contributed by atoms with E-state index in [0.717, 1.165) is 20.8 Å². The molecule has 4 rings (SSSR count). The second-order valence-electron chi connectivity index (χ2n) is 7.18. The van der Waals surface area contributed by atoms with Crippen LogP contribution in [0.3, 0.4) is 0 Å². The smallest absolute Gasteiger partial charge is 0.264 e. The molecule has 0 atom stereocenters. The number of rotatable bonds is 5. The molecule has 1 aliphatic rings. The van der Waals surface area contributed by atoms with Crippen molar-refractivity contribution in [3.8, 4) is 11.8 Å². The van der Waals surface area contributed by atoms with E-state index in [9.17, 15) is 10.1 Å². The molecule has 0 bridgehead atoms. The SMILES string of the molecule is N#C/C(=C\c1cc(Br)ccc1OCc1cccc2ccccc12)C(=O)N1CCOCC1. The van der Waals surface area contributed by atoms with Gasteiger partial charge in [-0.05, 0) is 40.6 Å². The fourth-order valence-corrected chi connectivity index (χ4v) is 3.95. The van der Waals surface area contributed by atoms with Crippen LogP contribution in [0.4, 0.5) is 0 Å². The quantitative estimate of drug-likeness (QED) is 0.386. The minimum absolute atomic E-state index is 0.0787. The van der Waals surface area contributed by atoms with Crippen LogP contribution in [-0.4, -0.2) is 37.1 Å².